The van der Waals surface area contributed by atoms with E-state index in [0.717, 1.165) is 0 Å². The van der Waals surface area contributed by atoms with Gasteiger partial charge in [-0.3, -0.25) is 0 Å². The molecule has 1 heterocycles. The molecule has 0 aliphatic carbocycles. The van der Waals surface area contributed by atoms with E-state index in [-0.39, 0.29) is 0 Å². The van der Waals surface area contributed by atoms with Crippen LogP contribution in [0.5, 0.6) is 0 Å². The summed E-state index contributed by atoms with van der Waals surface area (Å²) in [7, 11) is 1.38. The largest absolute Gasteiger partial charge is 0.453 e. The van der Waals surface area contributed by atoms with E-state index in [2.05, 4.69) is 6.58 Å². The van der Waals surface area contributed by atoms with Crippen LogP contribution in [-0.2, 0) is 14.2 Å². The Kier molecular flexibility index (Phi) is 6.29. The van der Waals surface area contributed by atoms with Gasteiger partial charge in [-0.2, -0.15) is 0 Å². The second kappa shape index (κ2) is 8.21. The van der Waals surface area contributed by atoms with Gasteiger partial charge in [0.05, 0.1) is 5.56 Å². The van der Waals surface area contributed by atoms with Crippen molar-refractivity contribution in [1.29, 1.82) is 0 Å². The molecule has 0 radical (unpaired) electrons. The molecule has 1 aliphatic rings. The average Bonchev–Trinajstić information content (AvgIpc) is 2.59. The van der Waals surface area contributed by atoms with Crippen molar-refractivity contribution in [2.75, 3.05) is 7.11 Å². The highest BCUT2D eigenvalue weighted by molar-refractivity contribution is 5.89. The minimum absolute atomic E-state index is 0.366. The zero-order chi connectivity index (χ0) is 16.8. The third kappa shape index (κ3) is 4.17. The molecule has 0 bridgehead atoms. The molecule has 1 aromatic rings. The van der Waals surface area contributed by atoms with Gasteiger partial charge in [0, 0.05) is 7.11 Å². The van der Waals surface area contributed by atoms with Crippen molar-refractivity contribution in [1.82, 2.24) is 0 Å². The van der Waals surface area contributed by atoms with Crippen molar-refractivity contribution >= 4 is 5.97 Å². The summed E-state index contributed by atoms with van der Waals surface area (Å²) >= 11 is 0. The number of aliphatic hydroxyl groups is 2. The predicted molar refractivity (Wildman–Crippen MR) is 82.8 cm³/mol. The summed E-state index contributed by atoms with van der Waals surface area (Å²) in [6, 6.07) is 8.46. The molecule has 0 saturated carbocycles. The molecule has 1 saturated heterocycles. The summed E-state index contributed by atoms with van der Waals surface area (Å²) in [4.78, 5) is 12.2. The SMILES string of the molecule is C=CCC[C@H]1O[C@H](OC)[C@H](O)[C@@H](O)[C@@H]1OC(=O)c1ccccc1. The minimum Gasteiger partial charge on any atom is -0.453 e. The van der Waals surface area contributed by atoms with Gasteiger partial charge in [-0.25, -0.2) is 4.79 Å². The fraction of sp³-hybridized carbons (Fsp3) is 0.471. The number of hydrogen-bond acceptors (Lipinski definition) is 6. The number of aliphatic hydroxyl groups excluding tert-OH is 2. The molecule has 6 heteroatoms. The topological polar surface area (TPSA) is 85.2 Å². The van der Waals surface area contributed by atoms with E-state index < -0.39 is 36.7 Å². The van der Waals surface area contributed by atoms with Crippen LogP contribution in [0, 0.1) is 0 Å². The van der Waals surface area contributed by atoms with Crippen LogP contribution in [-0.4, -0.2) is 54.0 Å². The molecule has 2 N–H and O–H groups in total. The number of carbonyl (C=O) groups is 1. The molecule has 6 nitrogen and oxygen atoms in total. The van der Waals surface area contributed by atoms with Gasteiger partial charge in [-0.15, -0.1) is 6.58 Å². The Hall–Kier alpha value is -1.73. The van der Waals surface area contributed by atoms with Crippen LogP contribution in [0.25, 0.3) is 0 Å². The molecule has 0 aromatic heterocycles. The van der Waals surface area contributed by atoms with Gasteiger partial charge in [0.1, 0.15) is 18.3 Å². The first-order chi connectivity index (χ1) is 11.1. The number of benzene rings is 1. The standard InChI is InChI=1S/C17H22O6/c1-3-4-10-12-15(13(18)14(19)17(21-2)22-12)23-16(20)11-8-6-5-7-9-11/h3,5-9,12-15,17-19H,1,4,10H2,2H3/t12-,13-,14-,15-,17+/m1/s1. The summed E-state index contributed by atoms with van der Waals surface area (Å²) in [6.07, 6.45) is -2.33. The Balaban J connectivity index is 2.14. The van der Waals surface area contributed by atoms with E-state index in [1.807, 2.05) is 0 Å². The Bertz CT molecular complexity index is 517. The fourth-order valence-corrected chi connectivity index (χ4v) is 2.53. The smallest absolute Gasteiger partial charge is 0.338 e. The number of ether oxygens (including phenoxy) is 3. The van der Waals surface area contributed by atoms with Crippen molar-refractivity contribution in [3.8, 4) is 0 Å². The first-order valence-corrected chi connectivity index (χ1v) is 7.49. The van der Waals surface area contributed by atoms with Crippen molar-refractivity contribution in [3.05, 3.63) is 48.6 Å². The van der Waals surface area contributed by atoms with Crippen LogP contribution < -0.4 is 0 Å². The van der Waals surface area contributed by atoms with Gasteiger partial charge < -0.3 is 24.4 Å². The van der Waals surface area contributed by atoms with Crippen LogP contribution in [0.3, 0.4) is 0 Å². The first kappa shape index (κ1) is 17.6. The lowest BCUT2D eigenvalue weighted by atomic mass is 9.95. The normalized spacial score (nSPS) is 30.7. The highest BCUT2D eigenvalue weighted by Crippen LogP contribution is 2.27. The summed E-state index contributed by atoms with van der Waals surface area (Å²) in [5.74, 6) is -0.579. The Labute approximate surface area is 135 Å². The van der Waals surface area contributed by atoms with E-state index in [0.29, 0.717) is 18.4 Å². The van der Waals surface area contributed by atoms with Gasteiger partial charge in [-0.1, -0.05) is 24.3 Å². The molecule has 2 rings (SSSR count). The maximum atomic E-state index is 12.2. The second-order valence-corrected chi connectivity index (χ2v) is 5.36. The monoisotopic (exact) mass is 322 g/mol. The number of esters is 1. The molecule has 0 spiro atoms. The molecule has 0 amide bonds. The zero-order valence-electron chi connectivity index (χ0n) is 13.0. The predicted octanol–water partition coefficient (Wildman–Crippen LogP) is 1.27. The van der Waals surface area contributed by atoms with Crippen molar-refractivity contribution < 1.29 is 29.2 Å². The summed E-state index contributed by atoms with van der Waals surface area (Å²) in [5, 5.41) is 20.3. The molecule has 1 aromatic carbocycles. The number of rotatable bonds is 6. The molecular weight excluding hydrogens is 300 g/mol. The third-order valence-electron chi connectivity index (χ3n) is 3.78. The van der Waals surface area contributed by atoms with E-state index >= 15 is 0 Å². The lowest BCUT2D eigenvalue weighted by Gasteiger charge is -2.41. The van der Waals surface area contributed by atoms with Gasteiger partial charge in [0.15, 0.2) is 12.4 Å². The fourth-order valence-electron chi connectivity index (χ4n) is 2.53. The number of allylic oxidation sites excluding steroid dienone is 1. The molecule has 0 unspecified atom stereocenters. The van der Waals surface area contributed by atoms with Crippen molar-refractivity contribution in [3.63, 3.8) is 0 Å². The maximum Gasteiger partial charge on any atom is 0.338 e. The van der Waals surface area contributed by atoms with Crippen LogP contribution in [0.2, 0.25) is 0 Å². The van der Waals surface area contributed by atoms with E-state index in [1.165, 1.54) is 7.11 Å². The van der Waals surface area contributed by atoms with Gasteiger partial charge >= 0.3 is 5.97 Å². The zero-order valence-corrected chi connectivity index (χ0v) is 13.0. The van der Waals surface area contributed by atoms with E-state index in [4.69, 9.17) is 14.2 Å². The minimum atomic E-state index is -1.30. The van der Waals surface area contributed by atoms with Crippen LogP contribution >= 0.6 is 0 Å². The summed E-state index contributed by atoms with van der Waals surface area (Å²) in [6.45, 7) is 3.65. The lowest BCUT2D eigenvalue weighted by molar-refractivity contribution is -0.289. The van der Waals surface area contributed by atoms with Crippen molar-refractivity contribution in [2.24, 2.45) is 0 Å². The first-order valence-electron chi connectivity index (χ1n) is 7.49. The number of hydrogen-bond donors (Lipinski definition) is 2. The Morgan fingerprint density at radius 3 is 2.61 bits per heavy atom. The quantitative estimate of drug-likeness (QED) is 0.606. The third-order valence-corrected chi connectivity index (χ3v) is 3.78. The van der Waals surface area contributed by atoms with Crippen LogP contribution in [0.15, 0.2) is 43.0 Å². The highest BCUT2D eigenvalue weighted by Gasteiger charge is 2.46. The lowest BCUT2D eigenvalue weighted by Crippen LogP contribution is -2.59. The van der Waals surface area contributed by atoms with Crippen LogP contribution in [0.1, 0.15) is 23.2 Å². The van der Waals surface area contributed by atoms with Crippen molar-refractivity contribution in [2.45, 2.75) is 43.5 Å². The number of methoxy groups -OCH3 is 1. The summed E-state index contributed by atoms with van der Waals surface area (Å²) < 4.78 is 16.0. The van der Waals surface area contributed by atoms with Gasteiger partial charge in [0.25, 0.3) is 0 Å². The Morgan fingerprint density at radius 2 is 2.00 bits per heavy atom. The number of carbonyl (C=O) groups excluding carboxylic acids is 1. The molecule has 23 heavy (non-hydrogen) atoms. The molecule has 1 fully saturated rings. The molecular formula is C17H22O6. The molecule has 5 atom stereocenters. The molecule has 126 valence electrons. The molecule has 1 aliphatic heterocycles. The average molecular weight is 322 g/mol. The highest BCUT2D eigenvalue weighted by atomic mass is 16.7. The van der Waals surface area contributed by atoms with E-state index in [9.17, 15) is 15.0 Å². The summed E-state index contributed by atoms with van der Waals surface area (Å²) in [5.41, 5.74) is 0.366. The van der Waals surface area contributed by atoms with Gasteiger partial charge in [0.2, 0.25) is 0 Å². The van der Waals surface area contributed by atoms with E-state index in [1.54, 1.807) is 36.4 Å². The maximum absolute atomic E-state index is 12.2. The van der Waals surface area contributed by atoms with Crippen LogP contribution in [0.4, 0.5) is 0 Å². The second-order valence-electron chi connectivity index (χ2n) is 5.36. The Morgan fingerprint density at radius 1 is 1.30 bits per heavy atom. The van der Waals surface area contributed by atoms with Gasteiger partial charge in [-0.05, 0) is 25.0 Å².